The molecule has 1 aliphatic rings. The van der Waals surface area contributed by atoms with E-state index in [9.17, 15) is 4.79 Å². The zero-order valence-corrected chi connectivity index (χ0v) is 11.3. The first-order valence-electron chi connectivity index (χ1n) is 6.11. The van der Waals surface area contributed by atoms with E-state index in [2.05, 4.69) is 15.2 Å². The first-order chi connectivity index (χ1) is 8.16. The highest BCUT2D eigenvalue weighted by Gasteiger charge is 2.15. The normalized spacial score (nSPS) is 16.4. The molecule has 1 aliphatic heterocycles. The fourth-order valence-electron chi connectivity index (χ4n) is 2.16. The Hall–Kier alpha value is -0.940. The predicted molar refractivity (Wildman–Crippen MR) is 69.6 cm³/mol. The summed E-state index contributed by atoms with van der Waals surface area (Å²) in [7, 11) is 0. The van der Waals surface area contributed by atoms with Crippen molar-refractivity contribution >= 4 is 17.2 Å². The van der Waals surface area contributed by atoms with Crippen molar-refractivity contribution in [3.05, 3.63) is 15.6 Å². The number of thiazole rings is 1. The second-order valence-corrected chi connectivity index (χ2v) is 5.85. The van der Waals surface area contributed by atoms with Crippen LogP contribution in [0.4, 0.5) is 0 Å². The predicted octanol–water partition coefficient (Wildman–Crippen LogP) is 1.59. The van der Waals surface area contributed by atoms with Crippen LogP contribution >= 0.6 is 11.3 Å². The van der Waals surface area contributed by atoms with Crippen molar-refractivity contribution in [2.75, 3.05) is 26.2 Å². The molecule has 1 aromatic heterocycles. The van der Waals surface area contributed by atoms with Gasteiger partial charge in [0.05, 0.1) is 5.01 Å². The average Bonchev–Trinajstić information content (AvgIpc) is 2.88. The van der Waals surface area contributed by atoms with Crippen molar-refractivity contribution in [1.29, 1.82) is 0 Å². The summed E-state index contributed by atoms with van der Waals surface area (Å²) in [5, 5.41) is 3.89. The van der Waals surface area contributed by atoms with Crippen LogP contribution in [0.5, 0.6) is 0 Å². The van der Waals surface area contributed by atoms with Crippen molar-refractivity contribution in [3.63, 3.8) is 0 Å². The topological polar surface area (TPSA) is 45.2 Å². The van der Waals surface area contributed by atoms with E-state index in [1.807, 2.05) is 13.8 Å². The molecule has 0 bridgehead atoms. The number of likely N-dealkylation sites (tertiary alicyclic amines) is 1. The lowest BCUT2D eigenvalue weighted by atomic mass is 10.3. The van der Waals surface area contributed by atoms with Gasteiger partial charge < -0.3 is 10.2 Å². The van der Waals surface area contributed by atoms with Crippen LogP contribution in [0.25, 0.3) is 0 Å². The Morgan fingerprint density at radius 3 is 2.71 bits per heavy atom. The summed E-state index contributed by atoms with van der Waals surface area (Å²) >= 11 is 1.57. The lowest BCUT2D eigenvalue weighted by Gasteiger charge is -2.14. The molecular formula is C12H19N3OS. The SMILES string of the molecule is Cc1nc(C(=O)NCCN2CCCC2)c(C)s1. The van der Waals surface area contributed by atoms with Crippen LogP contribution in [-0.2, 0) is 0 Å². The minimum absolute atomic E-state index is 0.0361. The Morgan fingerprint density at radius 2 is 2.12 bits per heavy atom. The van der Waals surface area contributed by atoms with E-state index in [1.54, 1.807) is 11.3 Å². The molecule has 0 aliphatic carbocycles. The molecule has 4 nitrogen and oxygen atoms in total. The first kappa shape index (κ1) is 12.5. The van der Waals surface area contributed by atoms with Gasteiger partial charge in [-0.15, -0.1) is 11.3 Å². The molecule has 94 valence electrons. The second kappa shape index (κ2) is 5.60. The number of hydrogen-bond acceptors (Lipinski definition) is 4. The van der Waals surface area contributed by atoms with E-state index < -0.39 is 0 Å². The van der Waals surface area contributed by atoms with E-state index in [0.717, 1.165) is 23.0 Å². The maximum absolute atomic E-state index is 11.9. The lowest BCUT2D eigenvalue weighted by molar-refractivity contribution is 0.0944. The van der Waals surface area contributed by atoms with Gasteiger partial charge in [0.2, 0.25) is 0 Å². The fourth-order valence-corrected chi connectivity index (χ4v) is 2.97. The van der Waals surface area contributed by atoms with Crippen molar-refractivity contribution in [2.45, 2.75) is 26.7 Å². The van der Waals surface area contributed by atoms with Crippen molar-refractivity contribution in [1.82, 2.24) is 15.2 Å². The Morgan fingerprint density at radius 1 is 1.41 bits per heavy atom. The van der Waals surface area contributed by atoms with Crippen LogP contribution in [0.1, 0.15) is 33.2 Å². The Labute approximate surface area is 106 Å². The third-order valence-corrected chi connectivity index (χ3v) is 3.92. The quantitative estimate of drug-likeness (QED) is 0.886. The standard InChI is InChI=1S/C12H19N3OS/c1-9-11(14-10(2)17-9)12(16)13-5-8-15-6-3-4-7-15/h3-8H2,1-2H3,(H,13,16). The number of hydrogen-bond donors (Lipinski definition) is 1. The van der Waals surface area contributed by atoms with Crippen LogP contribution in [-0.4, -0.2) is 42.0 Å². The fraction of sp³-hybridized carbons (Fsp3) is 0.667. The number of nitrogens with zero attached hydrogens (tertiary/aromatic N) is 2. The number of carbonyl (C=O) groups is 1. The number of aryl methyl sites for hydroxylation is 2. The Bertz CT molecular complexity index is 396. The molecule has 0 aromatic carbocycles. The van der Waals surface area contributed by atoms with Crippen molar-refractivity contribution < 1.29 is 4.79 Å². The highest BCUT2D eigenvalue weighted by molar-refractivity contribution is 7.11. The van der Waals surface area contributed by atoms with Gasteiger partial charge in [-0.05, 0) is 39.8 Å². The van der Waals surface area contributed by atoms with Gasteiger partial charge in [-0.25, -0.2) is 4.98 Å². The summed E-state index contributed by atoms with van der Waals surface area (Å²) in [6.45, 7) is 7.89. The summed E-state index contributed by atoms with van der Waals surface area (Å²) in [4.78, 5) is 19.5. The first-order valence-corrected chi connectivity index (χ1v) is 6.93. The minimum atomic E-state index is -0.0361. The van der Waals surface area contributed by atoms with Gasteiger partial charge in [0.25, 0.3) is 5.91 Å². The molecule has 2 heterocycles. The summed E-state index contributed by atoms with van der Waals surface area (Å²) < 4.78 is 0. The molecule has 0 unspecified atom stereocenters. The molecule has 0 spiro atoms. The number of aromatic nitrogens is 1. The zero-order valence-electron chi connectivity index (χ0n) is 10.5. The highest BCUT2D eigenvalue weighted by Crippen LogP contribution is 2.16. The summed E-state index contributed by atoms with van der Waals surface area (Å²) in [5.41, 5.74) is 0.592. The third kappa shape index (κ3) is 3.26. The largest absolute Gasteiger partial charge is 0.349 e. The molecule has 1 amide bonds. The van der Waals surface area contributed by atoms with E-state index in [4.69, 9.17) is 0 Å². The molecule has 1 saturated heterocycles. The molecular weight excluding hydrogens is 234 g/mol. The summed E-state index contributed by atoms with van der Waals surface area (Å²) in [5.74, 6) is -0.0361. The maximum atomic E-state index is 11.9. The van der Waals surface area contributed by atoms with Gasteiger partial charge in [0.1, 0.15) is 5.69 Å². The summed E-state index contributed by atoms with van der Waals surface area (Å²) in [6.07, 6.45) is 2.58. The lowest BCUT2D eigenvalue weighted by Crippen LogP contribution is -2.33. The maximum Gasteiger partial charge on any atom is 0.271 e. The molecule has 0 atom stereocenters. The molecule has 2 rings (SSSR count). The van der Waals surface area contributed by atoms with Gasteiger partial charge in [-0.3, -0.25) is 4.79 Å². The van der Waals surface area contributed by atoms with E-state index >= 15 is 0 Å². The van der Waals surface area contributed by atoms with Crippen molar-refractivity contribution in [2.24, 2.45) is 0 Å². The number of carbonyl (C=O) groups excluding carboxylic acids is 1. The number of nitrogens with one attached hydrogen (secondary N) is 1. The van der Waals surface area contributed by atoms with Gasteiger partial charge in [-0.1, -0.05) is 0 Å². The van der Waals surface area contributed by atoms with Gasteiger partial charge in [0.15, 0.2) is 0 Å². The monoisotopic (exact) mass is 253 g/mol. The third-order valence-electron chi connectivity index (χ3n) is 3.03. The van der Waals surface area contributed by atoms with Crippen LogP contribution in [0, 0.1) is 13.8 Å². The van der Waals surface area contributed by atoms with E-state index in [0.29, 0.717) is 5.69 Å². The van der Waals surface area contributed by atoms with Gasteiger partial charge >= 0.3 is 0 Å². The molecule has 17 heavy (non-hydrogen) atoms. The average molecular weight is 253 g/mol. The highest BCUT2D eigenvalue weighted by atomic mass is 32.1. The van der Waals surface area contributed by atoms with Gasteiger partial charge in [-0.2, -0.15) is 0 Å². The molecule has 1 aromatic rings. The van der Waals surface area contributed by atoms with Gasteiger partial charge in [0, 0.05) is 18.0 Å². The van der Waals surface area contributed by atoms with E-state index in [1.165, 1.54) is 25.9 Å². The molecule has 0 radical (unpaired) electrons. The van der Waals surface area contributed by atoms with Crippen LogP contribution in [0.2, 0.25) is 0 Å². The minimum Gasteiger partial charge on any atom is -0.349 e. The smallest absolute Gasteiger partial charge is 0.271 e. The van der Waals surface area contributed by atoms with Crippen LogP contribution in [0.3, 0.4) is 0 Å². The molecule has 1 fully saturated rings. The van der Waals surface area contributed by atoms with Crippen LogP contribution in [0.15, 0.2) is 0 Å². The number of amides is 1. The van der Waals surface area contributed by atoms with Crippen molar-refractivity contribution in [3.8, 4) is 0 Å². The zero-order chi connectivity index (χ0) is 12.3. The molecule has 0 saturated carbocycles. The Kier molecular flexibility index (Phi) is 4.12. The molecule has 1 N–H and O–H groups in total. The van der Waals surface area contributed by atoms with E-state index in [-0.39, 0.29) is 5.91 Å². The Balaban J connectivity index is 1.78. The second-order valence-electron chi connectivity index (χ2n) is 4.44. The number of rotatable bonds is 4. The summed E-state index contributed by atoms with van der Waals surface area (Å²) in [6, 6.07) is 0. The van der Waals surface area contributed by atoms with Crippen LogP contribution < -0.4 is 5.32 Å². The molecule has 5 heteroatoms.